The van der Waals surface area contributed by atoms with E-state index in [4.69, 9.17) is 16.3 Å². The van der Waals surface area contributed by atoms with Crippen molar-refractivity contribution in [3.8, 4) is 5.75 Å². The molecule has 16 heavy (non-hydrogen) atoms. The third-order valence-corrected chi connectivity index (χ3v) is 2.55. The molecule has 7 heteroatoms. The van der Waals surface area contributed by atoms with Crippen LogP contribution in [0.3, 0.4) is 0 Å². The second-order valence-electron chi connectivity index (χ2n) is 2.72. The van der Waals surface area contributed by atoms with E-state index < -0.39 is 11.3 Å². The highest BCUT2D eigenvalue weighted by atomic mass is 79.9. The zero-order valence-corrected chi connectivity index (χ0v) is 10.3. The minimum atomic E-state index is -4.64. The highest BCUT2D eigenvalue weighted by molar-refractivity contribution is 9.10. The maximum atomic E-state index is 12.1. The smallest absolute Gasteiger partial charge is 0.444 e. The van der Waals surface area contributed by atoms with E-state index in [0.29, 0.717) is 10.2 Å². The Balaban J connectivity index is 3.07. The summed E-state index contributed by atoms with van der Waals surface area (Å²) in [5.41, 5.74) is 0.0716. The van der Waals surface area contributed by atoms with Crippen LogP contribution >= 0.6 is 27.5 Å². The first kappa shape index (κ1) is 13.3. The molecule has 1 rings (SSSR count). The number of methoxy groups -OCH3 is 1. The Morgan fingerprint density at radius 2 is 2.06 bits per heavy atom. The van der Waals surface area contributed by atoms with Gasteiger partial charge >= 0.3 is 6.18 Å². The average Bonchev–Trinajstić information content (AvgIpc) is 2.19. The lowest BCUT2D eigenvalue weighted by atomic mass is 10.3. The highest BCUT2D eigenvalue weighted by Crippen LogP contribution is 2.31. The lowest BCUT2D eigenvalue weighted by molar-refractivity contribution is -0.0558. The van der Waals surface area contributed by atoms with E-state index in [2.05, 4.69) is 20.9 Å². The van der Waals surface area contributed by atoms with Crippen molar-refractivity contribution >= 4 is 38.4 Å². The maximum Gasteiger partial charge on any atom is 0.444 e. The molecule has 0 aliphatic carbocycles. The molecule has 0 heterocycles. The molecule has 1 aromatic rings. The van der Waals surface area contributed by atoms with Gasteiger partial charge in [-0.25, -0.2) is 4.99 Å². The summed E-state index contributed by atoms with van der Waals surface area (Å²) in [7, 11) is 1.40. The molecule has 0 radical (unpaired) electrons. The van der Waals surface area contributed by atoms with Crippen LogP contribution in [0.5, 0.6) is 5.75 Å². The Morgan fingerprint density at radius 1 is 1.44 bits per heavy atom. The summed E-state index contributed by atoms with van der Waals surface area (Å²) in [5.74, 6) is 0.382. The molecule has 0 N–H and O–H groups in total. The van der Waals surface area contributed by atoms with Crippen LogP contribution in [0.1, 0.15) is 0 Å². The summed E-state index contributed by atoms with van der Waals surface area (Å²) in [6.45, 7) is 0. The topological polar surface area (TPSA) is 21.6 Å². The van der Waals surface area contributed by atoms with Crippen LogP contribution in [0.15, 0.2) is 27.7 Å². The maximum absolute atomic E-state index is 12.1. The van der Waals surface area contributed by atoms with Crippen molar-refractivity contribution in [3.63, 3.8) is 0 Å². The van der Waals surface area contributed by atoms with Gasteiger partial charge in [0.1, 0.15) is 5.75 Å². The van der Waals surface area contributed by atoms with Crippen LogP contribution in [0.25, 0.3) is 0 Å². The summed E-state index contributed by atoms with van der Waals surface area (Å²) in [5, 5.41) is -1.42. The minimum absolute atomic E-state index is 0.0716. The van der Waals surface area contributed by atoms with Crippen LogP contribution in [0.2, 0.25) is 0 Å². The van der Waals surface area contributed by atoms with Crippen molar-refractivity contribution in [3.05, 3.63) is 22.7 Å². The van der Waals surface area contributed by atoms with Gasteiger partial charge in [-0.05, 0) is 28.1 Å². The zero-order chi connectivity index (χ0) is 12.3. The highest BCUT2D eigenvalue weighted by Gasteiger charge is 2.34. The van der Waals surface area contributed by atoms with E-state index in [1.807, 2.05) is 0 Å². The van der Waals surface area contributed by atoms with Crippen LogP contribution in [0, 0.1) is 0 Å². The van der Waals surface area contributed by atoms with E-state index in [1.165, 1.54) is 25.3 Å². The molecule has 0 saturated carbocycles. The zero-order valence-electron chi connectivity index (χ0n) is 7.98. The summed E-state index contributed by atoms with van der Waals surface area (Å²) in [6, 6.07) is 4.26. The Labute approximate surface area is 103 Å². The Hall–Kier alpha value is -0.750. The Morgan fingerprint density at radius 3 is 2.56 bits per heavy atom. The fourth-order valence-corrected chi connectivity index (χ4v) is 1.40. The number of hydrogen-bond donors (Lipinski definition) is 0. The van der Waals surface area contributed by atoms with Gasteiger partial charge in [0.25, 0.3) is 0 Å². The molecule has 0 saturated heterocycles. The standard InChI is InChI=1S/C9H6BrClF3NO/c1-16-7-4-5(2-3-6(7)10)15-8(11)9(12,13)14/h2-4H,1H3. The predicted molar refractivity (Wildman–Crippen MR) is 59.7 cm³/mol. The van der Waals surface area contributed by atoms with Gasteiger partial charge in [0.2, 0.25) is 5.17 Å². The molecule has 1 aromatic carbocycles. The normalized spacial score (nSPS) is 12.8. The van der Waals surface area contributed by atoms with Crippen LogP contribution < -0.4 is 4.74 Å². The molecule has 0 aliphatic rings. The van der Waals surface area contributed by atoms with Gasteiger partial charge < -0.3 is 4.74 Å². The third-order valence-electron chi connectivity index (χ3n) is 1.60. The van der Waals surface area contributed by atoms with E-state index in [1.54, 1.807) is 0 Å². The van der Waals surface area contributed by atoms with Crippen molar-refractivity contribution in [2.45, 2.75) is 6.18 Å². The molecule has 0 bridgehead atoms. The summed E-state index contributed by atoms with van der Waals surface area (Å²) in [6.07, 6.45) is -4.64. The first-order valence-electron chi connectivity index (χ1n) is 3.99. The van der Waals surface area contributed by atoms with Crippen LogP contribution in [-0.2, 0) is 0 Å². The van der Waals surface area contributed by atoms with E-state index in [0.717, 1.165) is 0 Å². The van der Waals surface area contributed by atoms with Crippen molar-refractivity contribution in [2.24, 2.45) is 4.99 Å². The van der Waals surface area contributed by atoms with E-state index in [-0.39, 0.29) is 5.69 Å². The van der Waals surface area contributed by atoms with Crippen LogP contribution in [0.4, 0.5) is 18.9 Å². The molecule has 0 aromatic heterocycles. The quantitative estimate of drug-likeness (QED) is 0.746. The van der Waals surface area contributed by atoms with Crippen molar-refractivity contribution in [1.29, 1.82) is 0 Å². The molecule has 0 spiro atoms. The van der Waals surface area contributed by atoms with Crippen molar-refractivity contribution in [2.75, 3.05) is 7.11 Å². The lowest BCUT2D eigenvalue weighted by Crippen LogP contribution is -2.16. The summed E-state index contributed by atoms with van der Waals surface area (Å²) >= 11 is 8.17. The number of hydrogen-bond acceptors (Lipinski definition) is 2. The fourth-order valence-electron chi connectivity index (χ4n) is 0.895. The average molecular weight is 317 g/mol. The summed E-state index contributed by atoms with van der Waals surface area (Å²) < 4.78 is 41.8. The van der Waals surface area contributed by atoms with Gasteiger partial charge in [-0.2, -0.15) is 13.2 Å². The van der Waals surface area contributed by atoms with Gasteiger partial charge in [-0.15, -0.1) is 0 Å². The molecule has 0 fully saturated rings. The van der Waals surface area contributed by atoms with E-state index in [9.17, 15) is 13.2 Å². The van der Waals surface area contributed by atoms with Gasteiger partial charge in [0.05, 0.1) is 17.3 Å². The van der Waals surface area contributed by atoms with Gasteiger partial charge in [-0.3, -0.25) is 0 Å². The van der Waals surface area contributed by atoms with Gasteiger partial charge in [0.15, 0.2) is 0 Å². The number of aliphatic imine (C=N–C) groups is 1. The molecule has 0 atom stereocenters. The fraction of sp³-hybridized carbons (Fsp3) is 0.222. The van der Waals surface area contributed by atoms with Crippen molar-refractivity contribution < 1.29 is 17.9 Å². The molecular weight excluding hydrogens is 310 g/mol. The SMILES string of the molecule is COc1cc(N=C(Cl)C(F)(F)F)ccc1Br. The number of nitrogens with zero attached hydrogens (tertiary/aromatic N) is 1. The second kappa shape index (κ2) is 5.05. The van der Waals surface area contributed by atoms with Gasteiger partial charge in [0, 0.05) is 6.07 Å². The molecular formula is C9H6BrClF3NO. The molecule has 2 nitrogen and oxygen atoms in total. The Bertz CT molecular complexity index is 420. The first-order chi connectivity index (χ1) is 7.34. The summed E-state index contributed by atoms with van der Waals surface area (Å²) in [4.78, 5) is 3.24. The largest absolute Gasteiger partial charge is 0.495 e. The number of alkyl halides is 3. The molecule has 0 unspecified atom stereocenters. The van der Waals surface area contributed by atoms with Crippen molar-refractivity contribution in [1.82, 2.24) is 0 Å². The second-order valence-corrected chi connectivity index (χ2v) is 3.93. The number of benzene rings is 1. The molecule has 0 aliphatic heterocycles. The number of ether oxygens (including phenoxy) is 1. The Kier molecular flexibility index (Phi) is 4.21. The number of halogens is 5. The van der Waals surface area contributed by atoms with E-state index >= 15 is 0 Å². The molecule has 88 valence electrons. The first-order valence-corrected chi connectivity index (χ1v) is 5.16. The minimum Gasteiger partial charge on any atom is -0.495 e. The lowest BCUT2D eigenvalue weighted by Gasteiger charge is -2.05. The van der Waals surface area contributed by atoms with Crippen LogP contribution in [-0.4, -0.2) is 18.5 Å². The molecule has 0 amide bonds. The predicted octanol–water partition coefficient (Wildman–Crippen LogP) is 4.29. The monoisotopic (exact) mass is 315 g/mol. The van der Waals surface area contributed by atoms with Gasteiger partial charge in [-0.1, -0.05) is 11.6 Å². The number of rotatable bonds is 2. The third kappa shape index (κ3) is 3.38.